The zero-order valence-electron chi connectivity index (χ0n) is 23.6. The third kappa shape index (κ3) is 4.89. The van der Waals surface area contributed by atoms with Gasteiger partial charge in [0.2, 0.25) is 0 Å². The van der Waals surface area contributed by atoms with E-state index in [2.05, 4.69) is 159 Å². The molecule has 6 unspecified atom stereocenters. The number of rotatable bonds is 8. The Morgan fingerprint density at radius 2 is 0.683 bits per heavy atom. The summed E-state index contributed by atoms with van der Waals surface area (Å²) in [5.41, 5.74) is 3.73. The third-order valence-corrected chi connectivity index (χ3v) is 14.8. The van der Waals surface area contributed by atoms with Crippen LogP contribution in [0, 0.1) is 11.8 Å². The van der Waals surface area contributed by atoms with E-state index in [0.717, 1.165) is 0 Å². The fraction of sp³-hybridized carbons (Fsp3) is 0.211. The molecule has 7 rings (SSSR count). The topological polar surface area (TPSA) is 9.23 Å². The Morgan fingerprint density at radius 3 is 0.976 bits per heavy atom. The quantitative estimate of drug-likeness (QED) is 0.171. The summed E-state index contributed by atoms with van der Waals surface area (Å²) < 4.78 is 7.07. The molecule has 204 valence electrons. The van der Waals surface area contributed by atoms with Crippen LogP contribution in [0.15, 0.2) is 146 Å². The van der Waals surface area contributed by atoms with Crippen molar-refractivity contribution in [2.24, 2.45) is 11.8 Å². The summed E-state index contributed by atoms with van der Waals surface area (Å²) >= 11 is 0. The van der Waals surface area contributed by atoms with E-state index in [0.29, 0.717) is 23.2 Å². The highest BCUT2D eigenvalue weighted by atomic mass is 31.1. The Hall–Kier alpha value is -3.08. The van der Waals surface area contributed by atoms with E-state index in [9.17, 15) is 0 Å². The molecule has 1 nitrogen and oxygen atoms in total. The molecule has 5 aromatic rings. The molecule has 6 atom stereocenters. The molecule has 1 saturated heterocycles. The fourth-order valence-corrected chi connectivity index (χ4v) is 13.3. The van der Waals surface area contributed by atoms with E-state index >= 15 is 0 Å². The minimum Gasteiger partial charge on any atom is -0.365 e. The van der Waals surface area contributed by atoms with Gasteiger partial charge in [0.25, 0.3) is 0 Å². The number of benzene rings is 5. The molecule has 2 aliphatic heterocycles. The van der Waals surface area contributed by atoms with Gasteiger partial charge in [0.05, 0.1) is 12.2 Å². The molecule has 0 amide bonds. The number of ether oxygens (including phenoxy) is 1. The Bertz CT molecular complexity index is 1380. The van der Waals surface area contributed by atoms with Gasteiger partial charge >= 0.3 is 0 Å². The molecule has 0 saturated carbocycles. The van der Waals surface area contributed by atoms with Crippen molar-refractivity contribution in [2.75, 3.05) is 0 Å². The second kappa shape index (κ2) is 11.7. The van der Waals surface area contributed by atoms with E-state index in [4.69, 9.17) is 4.74 Å². The molecule has 0 radical (unpaired) electrons. The van der Waals surface area contributed by atoms with Crippen molar-refractivity contribution in [2.45, 2.75) is 37.4 Å². The molecular formula is C38H36OP2. The van der Waals surface area contributed by atoms with Crippen molar-refractivity contribution in [1.29, 1.82) is 0 Å². The minimum absolute atomic E-state index is 0.138. The first-order valence-electron chi connectivity index (χ1n) is 14.8. The van der Waals surface area contributed by atoms with E-state index in [1.165, 1.54) is 32.3 Å². The van der Waals surface area contributed by atoms with Crippen LogP contribution < -0.4 is 21.2 Å². The number of hydrogen-bond acceptors (Lipinski definition) is 1. The zero-order chi connectivity index (χ0) is 27.8. The van der Waals surface area contributed by atoms with Crippen molar-refractivity contribution >= 4 is 37.1 Å². The largest absolute Gasteiger partial charge is 0.365 e. The second-order valence-electron chi connectivity index (χ2n) is 11.3. The van der Waals surface area contributed by atoms with Gasteiger partial charge in [-0.15, -0.1) is 0 Å². The van der Waals surface area contributed by atoms with Crippen LogP contribution in [0.1, 0.15) is 37.2 Å². The van der Waals surface area contributed by atoms with Crippen LogP contribution in [0.25, 0.3) is 0 Å². The van der Waals surface area contributed by atoms with E-state index in [1.807, 2.05) is 0 Å². The molecule has 5 aromatic carbocycles. The van der Waals surface area contributed by atoms with Gasteiger partial charge in [-0.1, -0.05) is 159 Å². The number of hydrogen-bond donors (Lipinski definition) is 0. The first-order chi connectivity index (χ1) is 20.2. The third-order valence-electron chi connectivity index (χ3n) is 9.11. The van der Waals surface area contributed by atoms with Gasteiger partial charge in [-0.05, 0) is 59.5 Å². The van der Waals surface area contributed by atoms with Crippen LogP contribution in [-0.4, -0.2) is 11.3 Å². The van der Waals surface area contributed by atoms with Gasteiger partial charge in [0.15, 0.2) is 0 Å². The van der Waals surface area contributed by atoms with Gasteiger partial charge < -0.3 is 4.74 Å². The Labute approximate surface area is 247 Å². The average Bonchev–Trinajstić information content (AvgIpc) is 3.61. The molecular weight excluding hydrogens is 534 g/mol. The highest BCUT2D eigenvalue weighted by Crippen LogP contribution is 2.66. The zero-order valence-corrected chi connectivity index (χ0v) is 25.4. The summed E-state index contributed by atoms with van der Waals surface area (Å²) in [6.45, 7) is 5.05. The molecule has 3 heteroatoms. The lowest BCUT2D eigenvalue weighted by atomic mass is 9.73. The minimum atomic E-state index is -0.576. The first-order valence-corrected chi connectivity index (χ1v) is 17.6. The Kier molecular flexibility index (Phi) is 7.62. The maximum atomic E-state index is 7.07. The van der Waals surface area contributed by atoms with Crippen molar-refractivity contribution in [3.05, 3.63) is 157 Å². The molecule has 41 heavy (non-hydrogen) atoms. The second-order valence-corrected chi connectivity index (χ2v) is 16.5. The molecule has 0 aliphatic carbocycles. The Balaban J connectivity index is 1.36. The molecule has 0 spiro atoms. The molecule has 2 heterocycles. The lowest BCUT2D eigenvalue weighted by Crippen LogP contribution is -2.39. The molecule has 2 bridgehead atoms. The van der Waals surface area contributed by atoms with Crippen molar-refractivity contribution in [3.63, 3.8) is 0 Å². The van der Waals surface area contributed by atoms with Gasteiger partial charge in [0, 0.05) is 11.8 Å². The maximum absolute atomic E-state index is 7.07. The maximum Gasteiger partial charge on any atom is 0.0875 e. The summed E-state index contributed by atoms with van der Waals surface area (Å²) in [6.07, 6.45) is 0.277. The summed E-state index contributed by atoms with van der Waals surface area (Å²) in [5.74, 6) is 0.850. The van der Waals surface area contributed by atoms with Crippen molar-refractivity contribution < 1.29 is 4.74 Å². The van der Waals surface area contributed by atoms with Gasteiger partial charge in [0.1, 0.15) is 0 Å². The van der Waals surface area contributed by atoms with E-state index in [-0.39, 0.29) is 12.2 Å². The van der Waals surface area contributed by atoms with Crippen molar-refractivity contribution in [1.82, 2.24) is 0 Å². The molecule has 0 N–H and O–H groups in total. The summed E-state index contributed by atoms with van der Waals surface area (Å²) in [6, 6.07) is 54.0. The monoisotopic (exact) mass is 570 g/mol. The molecule has 0 aromatic heterocycles. The van der Waals surface area contributed by atoms with Crippen LogP contribution in [0.2, 0.25) is 0 Å². The van der Waals surface area contributed by atoms with Crippen LogP contribution in [0.3, 0.4) is 0 Å². The van der Waals surface area contributed by atoms with Crippen molar-refractivity contribution in [3.8, 4) is 0 Å². The predicted molar refractivity (Wildman–Crippen MR) is 177 cm³/mol. The van der Waals surface area contributed by atoms with Gasteiger partial charge in [-0.3, -0.25) is 0 Å². The smallest absolute Gasteiger partial charge is 0.0875 e. The Morgan fingerprint density at radius 1 is 0.415 bits per heavy atom. The average molecular weight is 571 g/mol. The SMILES string of the molecule is CC(C1C2OC(c3ccccc32)C1C(C)P(c1ccccc1)c1ccccc1)P(c1ccccc1)c1ccccc1. The summed E-state index contributed by atoms with van der Waals surface area (Å²) in [7, 11) is -1.15. The predicted octanol–water partition coefficient (Wildman–Crippen LogP) is 8.09. The molecule has 1 fully saturated rings. The number of fused-ring (bicyclic) bond motifs is 5. The lowest BCUT2D eigenvalue weighted by Gasteiger charge is -2.42. The highest BCUT2D eigenvalue weighted by molar-refractivity contribution is 7.74. The van der Waals surface area contributed by atoms with Crippen LogP contribution >= 0.6 is 15.8 Å². The lowest BCUT2D eigenvalue weighted by molar-refractivity contribution is 0.0540. The molecule has 2 aliphatic rings. The van der Waals surface area contributed by atoms with Gasteiger partial charge in [-0.2, -0.15) is 0 Å². The fourth-order valence-electron chi connectivity index (χ4n) is 7.42. The van der Waals surface area contributed by atoms with Crippen LogP contribution in [-0.2, 0) is 4.74 Å². The normalized spacial score (nSPS) is 22.5. The standard InChI is InChI=1S/C38H36OP2/c1-27(40(29-17-7-3-8-18-29)30-19-9-4-10-20-30)35-36(38-34-26-16-15-25-33(34)37(35)39-38)28(2)41(31-21-11-5-12-22-31)32-23-13-6-14-24-32/h3-28,35-38H,1-2H3. The highest BCUT2D eigenvalue weighted by Gasteiger charge is 2.57. The van der Waals surface area contributed by atoms with E-state index < -0.39 is 15.8 Å². The first kappa shape index (κ1) is 26.8. The van der Waals surface area contributed by atoms with Gasteiger partial charge in [-0.25, -0.2) is 0 Å². The van der Waals surface area contributed by atoms with Crippen LogP contribution in [0.4, 0.5) is 0 Å². The van der Waals surface area contributed by atoms with Crippen LogP contribution in [0.5, 0.6) is 0 Å². The summed E-state index contributed by atoms with van der Waals surface area (Å²) in [4.78, 5) is 0. The summed E-state index contributed by atoms with van der Waals surface area (Å²) in [5, 5.41) is 5.82. The van der Waals surface area contributed by atoms with E-state index in [1.54, 1.807) is 0 Å².